The number of nitrogens with zero attached hydrogens (tertiary/aromatic N) is 1. The first kappa shape index (κ1) is 15.5. The van der Waals surface area contributed by atoms with E-state index in [1.54, 1.807) is 0 Å². The molecule has 2 N–H and O–H groups in total. The smallest absolute Gasteiger partial charge is 0.341 e. The van der Waals surface area contributed by atoms with Gasteiger partial charge in [-0.15, -0.1) is 12.4 Å². The van der Waals surface area contributed by atoms with E-state index in [1.165, 1.54) is 11.8 Å². The molecule has 0 aromatic carbocycles. The van der Waals surface area contributed by atoms with Crippen LogP contribution in [0.4, 0.5) is 13.2 Å². The van der Waals surface area contributed by atoms with Gasteiger partial charge in [-0.25, -0.2) is 0 Å². The van der Waals surface area contributed by atoms with E-state index in [-0.39, 0.29) is 25.4 Å². The average Bonchev–Trinajstić information content (AvgIpc) is 2.15. The van der Waals surface area contributed by atoms with E-state index in [2.05, 4.69) is 0 Å². The molecule has 2 atom stereocenters. The summed E-state index contributed by atoms with van der Waals surface area (Å²) >= 11 is 0. The summed E-state index contributed by atoms with van der Waals surface area (Å²) in [6, 6.07) is -0.725. The van der Waals surface area contributed by atoms with Gasteiger partial charge in [-0.1, -0.05) is 0 Å². The number of piperidine rings is 1. The quantitative estimate of drug-likeness (QED) is 0.778. The maximum atomic E-state index is 12.4. The average molecular weight is 261 g/mol. The highest BCUT2D eigenvalue weighted by atomic mass is 35.5. The van der Waals surface area contributed by atoms with Crippen molar-refractivity contribution in [2.24, 2.45) is 11.7 Å². The Balaban J connectivity index is 0.00000225. The maximum Gasteiger partial charge on any atom is 0.393 e. The fraction of sp³-hybridized carbons (Fsp3) is 0.889. The molecule has 0 aromatic rings. The van der Waals surface area contributed by atoms with Crippen LogP contribution in [-0.2, 0) is 4.79 Å². The van der Waals surface area contributed by atoms with Crippen molar-refractivity contribution >= 4 is 18.3 Å². The normalized spacial score (nSPS) is 23.6. The molecular formula is C9H16ClF3N2O. The van der Waals surface area contributed by atoms with Crippen LogP contribution in [-0.4, -0.2) is 36.1 Å². The van der Waals surface area contributed by atoms with Crippen molar-refractivity contribution < 1.29 is 18.0 Å². The molecule has 16 heavy (non-hydrogen) atoms. The van der Waals surface area contributed by atoms with Crippen LogP contribution < -0.4 is 5.73 Å². The molecule has 3 nitrogen and oxygen atoms in total. The molecule has 1 aliphatic heterocycles. The standard InChI is InChI=1S/C9H15F3N2O.ClH/c1-6(13)8(15)14-4-2-3-7(5-14)9(10,11)12;/h6-7H,2-5,13H2,1H3;1H/t6-,7?;/m0./s1. The van der Waals surface area contributed by atoms with E-state index in [4.69, 9.17) is 5.73 Å². The molecule has 0 bridgehead atoms. The van der Waals surface area contributed by atoms with Crippen LogP contribution in [0.15, 0.2) is 0 Å². The zero-order valence-electron chi connectivity index (χ0n) is 8.96. The van der Waals surface area contributed by atoms with Gasteiger partial charge in [-0.05, 0) is 19.8 Å². The zero-order chi connectivity index (χ0) is 11.6. The lowest BCUT2D eigenvalue weighted by atomic mass is 9.97. The van der Waals surface area contributed by atoms with E-state index in [0.29, 0.717) is 13.0 Å². The SMILES string of the molecule is C[C@H](N)C(=O)N1CCCC(C(F)(F)F)C1.Cl. The second-order valence-electron chi connectivity index (χ2n) is 3.95. The molecule has 1 aliphatic rings. The second kappa shape index (κ2) is 5.72. The van der Waals surface area contributed by atoms with Crippen LogP contribution in [0, 0.1) is 5.92 Å². The summed E-state index contributed by atoms with van der Waals surface area (Å²) in [4.78, 5) is 12.6. The van der Waals surface area contributed by atoms with E-state index in [9.17, 15) is 18.0 Å². The molecule has 0 saturated carbocycles. The van der Waals surface area contributed by atoms with Gasteiger partial charge in [0.1, 0.15) is 0 Å². The minimum absolute atomic E-state index is 0. The second-order valence-corrected chi connectivity index (χ2v) is 3.95. The first-order valence-electron chi connectivity index (χ1n) is 4.93. The summed E-state index contributed by atoms with van der Waals surface area (Å²) in [5.74, 6) is -1.79. The highest BCUT2D eigenvalue weighted by Crippen LogP contribution is 2.33. The van der Waals surface area contributed by atoms with Crippen LogP contribution in [0.2, 0.25) is 0 Å². The zero-order valence-corrected chi connectivity index (χ0v) is 9.77. The Morgan fingerprint density at radius 2 is 2.06 bits per heavy atom. The monoisotopic (exact) mass is 260 g/mol. The summed E-state index contributed by atoms with van der Waals surface area (Å²) in [6.45, 7) is 1.62. The fourth-order valence-electron chi connectivity index (χ4n) is 1.73. The molecule has 1 amide bonds. The number of carbonyl (C=O) groups is 1. The van der Waals surface area contributed by atoms with Crippen molar-refractivity contribution in [3.63, 3.8) is 0 Å². The van der Waals surface area contributed by atoms with Gasteiger partial charge in [-0.3, -0.25) is 4.79 Å². The molecule has 1 fully saturated rings. The number of halogens is 4. The molecule has 0 aliphatic carbocycles. The van der Waals surface area contributed by atoms with Crippen LogP contribution in [0.3, 0.4) is 0 Å². The first-order valence-corrected chi connectivity index (χ1v) is 4.93. The fourth-order valence-corrected chi connectivity index (χ4v) is 1.73. The largest absolute Gasteiger partial charge is 0.393 e. The first-order chi connectivity index (χ1) is 6.82. The van der Waals surface area contributed by atoms with Crippen molar-refractivity contribution in [1.29, 1.82) is 0 Å². The molecular weight excluding hydrogens is 245 g/mol. The Bertz CT molecular complexity index is 245. The number of hydrogen-bond acceptors (Lipinski definition) is 2. The third-order valence-electron chi connectivity index (χ3n) is 2.59. The number of amides is 1. The number of carbonyl (C=O) groups excluding carboxylic acids is 1. The van der Waals surface area contributed by atoms with Crippen molar-refractivity contribution in [1.82, 2.24) is 4.90 Å². The van der Waals surface area contributed by atoms with Crippen molar-refractivity contribution in [2.45, 2.75) is 32.0 Å². The van der Waals surface area contributed by atoms with E-state index < -0.39 is 24.0 Å². The molecule has 96 valence electrons. The minimum Gasteiger partial charge on any atom is -0.341 e. The summed E-state index contributed by atoms with van der Waals surface area (Å²) in [5.41, 5.74) is 5.35. The van der Waals surface area contributed by atoms with Crippen LogP contribution in [0.1, 0.15) is 19.8 Å². The minimum atomic E-state index is -4.21. The summed E-state index contributed by atoms with van der Waals surface area (Å²) in [6.07, 6.45) is -3.72. The predicted molar refractivity (Wildman–Crippen MR) is 56.3 cm³/mol. The predicted octanol–water partition coefficient (Wildman–Crippen LogP) is 1.56. The van der Waals surface area contributed by atoms with Crippen molar-refractivity contribution in [3.8, 4) is 0 Å². The molecule has 0 aromatic heterocycles. The lowest BCUT2D eigenvalue weighted by molar-refractivity contribution is -0.188. The Morgan fingerprint density at radius 1 is 1.50 bits per heavy atom. The van der Waals surface area contributed by atoms with E-state index in [1.807, 2.05) is 0 Å². The third kappa shape index (κ3) is 3.83. The number of likely N-dealkylation sites (tertiary alicyclic amines) is 1. The Kier molecular flexibility index (Phi) is 5.55. The van der Waals surface area contributed by atoms with Crippen molar-refractivity contribution in [3.05, 3.63) is 0 Å². The van der Waals surface area contributed by atoms with Gasteiger partial charge in [0, 0.05) is 13.1 Å². The van der Waals surface area contributed by atoms with Gasteiger partial charge in [0.05, 0.1) is 12.0 Å². The van der Waals surface area contributed by atoms with Crippen LogP contribution in [0.5, 0.6) is 0 Å². The van der Waals surface area contributed by atoms with Gasteiger partial charge < -0.3 is 10.6 Å². The van der Waals surface area contributed by atoms with Gasteiger partial charge in [0.2, 0.25) is 5.91 Å². The maximum absolute atomic E-state index is 12.4. The summed E-state index contributed by atoms with van der Waals surface area (Å²) < 4.78 is 37.2. The van der Waals surface area contributed by atoms with E-state index >= 15 is 0 Å². The molecule has 1 rings (SSSR count). The Labute approximate surface area is 98.6 Å². The summed E-state index contributed by atoms with van der Waals surface area (Å²) in [5, 5.41) is 0. The van der Waals surface area contributed by atoms with Crippen LogP contribution in [0.25, 0.3) is 0 Å². The van der Waals surface area contributed by atoms with Gasteiger partial charge >= 0.3 is 6.18 Å². The molecule has 1 saturated heterocycles. The number of rotatable bonds is 1. The van der Waals surface area contributed by atoms with Gasteiger partial charge in [0.25, 0.3) is 0 Å². The topological polar surface area (TPSA) is 46.3 Å². The number of hydrogen-bond donors (Lipinski definition) is 1. The molecule has 0 radical (unpaired) electrons. The molecule has 1 heterocycles. The Morgan fingerprint density at radius 3 is 2.50 bits per heavy atom. The lowest BCUT2D eigenvalue weighted by Crippen LogP contribution is -2.49. The number of alkyl halides is 3. The van der Waals surface area contributed by atoms with Crippen LogP contribution >= 0.6 is 12.4 Å². The molecule has 0 spiro atoms. The third-order valence-corrected chi connectivity index (χ3v) is 2.59. The molecule has 1 unspecified atom stereocenters. The van der Waals surface area contributed by atoms with E-state index in [0.717, 1.165) is 0 Å². The van der Waals surface area contributed by atoms with Gasteiger partial charge in [-0.2, -0.15) is 13.2 Å². The highest BCUT2D eigenvalue weighted by Gasteiger charge is 2.42. The number of nitrogens with two attached hydrogens (primary N) is 1. The molecule has 7 heteroatoms. The lowest BCUT2D eigenvalue weighted by Gasteiger charge is -2.34. The Hall–Kier alpha value is -0.490. The van der Waals surface area contributed by atoms with Crippen molar-refractivity contribution in [2.75, 3.05) is 13.1 Å². The summed E-state index contributed by atoms with van der Waals surface area (Å²) in [7, 11) is 0. The highest BCUT2D eigenvalue weighted by molar-refractivity contribution is 5.85. The van der Waals surface area contributed by atoms with Gasteiger partial charge in [0.15, 0.2) is 0 Å².